The molecule has 2 aromatic carbocycles. The largest absolute Gasteiger partial charge is 0.484 e. The maximum atomic E-state index is 12.7. The zero-order valence-corrected chi connectivity index (χ0v) is 20.8. The number of carbonyl (C=O) groups is 3. The number of halogens is 1. The Kier molecular flexibility index (Phi) is 8.48. The molecule has 9 nitrogen and oxygen atoms in total. The van der Waals surface area contributed by atoms with Crippen molar-refractivity contribution in [2.24, 2.45) is 7.05 Å². The predicted octanol–water partition coefficient (Wildman–Crippen LogP) is 3.50. The van der Waals surface area contributed by atoms with E-state index >= 15 is 0 Å². The van der Waals surface area contributed by atoms with Crippen LogP contribution in [-0.4, -0.2) is 41.2 Å². The van der Waals surface area contributed by atoms with Gasteiger partial charge in [0, 0.05) is 14.1 Å². The van der Waals surface area contributed by atoms with E-state index in [0.717, 1.165) is 5.56 Å². The summed E-state index contributed by atoms with van der Waals surface area (Å²) in [6.45, 7) is 3.55. The average Bonchev–Trinajstić information content (AvgIpc) is 3.15. The third-order valence-electron chi connectivity index (χ3n) is 5.38. The second-order valence-corrected chi connectivity index (χ2v) is 8.19. The van der Waals surface area contributed by atoms with Crippen molar-refractivity contribution in [1.82, 2.24) is 20.4 Å². The van der Waals surface area contributed by atoms with Crippen LogP contribution in [0.3, 0.4) is 0 Å². The molecule has 1 aromatic heterocycles. The molecule has 10 heteroatoms. The Balaban J connectivity index is 1.57. The fourth-order valence-corrected chi connectivity index (χ4v) is 3.87. The lowest BCUT2D eigenvalue weighted by Gasteiger charge is -2.15. The van der Waals surface area contributed by atoms with Gasteiger partial charge in [0.25, 0.3) is 17.7 Å². The summed E-state index contributed by atoms with van der Waals surface area (Å²) in [6.07, 6.45) is 0.634. The van der Waals surface area contributed by atoms with Crippen LogP contribution in [0.15, 0.2) is 48.5 Å². The lowest BCUT2D eigenvalue weighted by atomic mass is 10.1. The fourth-order valence-electron chi connectivity index (χ4n) is 3.49. The van der Waals surface area contributed by atoms with Gasteiger partial charge in [-0.2, -0.15) is 5.10 Å². The summed E-state index contributed by atoms with van der Waals surface area (Å²) in [4.78, 5) is 37.0. The molecule has 1 atom stereocenters. The number of rotatable bonds is 9. The molecule has 184 valence electrons. The van der Waals surface area contributed by atoms with Gasteiger partial charge in [-0.25, -0.2) is 0 Å². The van der Waals surface area contributed by atoms with Crippen LogP contribution in [0.25, 0.3) is 0 Å². The van der Waals surface area contributed by atoms with E-state index in [1.54, 1.807) is 55.6 Å². The van der Waals surface area contributed by atoms with Crippen molar-refractivity contribution in [2.75, 3.05) is 19.0 Å². The molecule has 0 saturated heterocycles. The lowest BCUT2D eigenvalue weighted by Crippen LogP contribution is -2.28. The molecule has 1 heterocycles. The normalized spacial score (nSPS) is 11.5. The molecule has 0 aliphatic heterocycles. The molecule has 0 aliphatic carbocycles. The van der Waals surface area contributed by atoms with Crippen LogP contribution >= 0.6 is 11.6 Å². The highest BCUT2D eigenvalue weighted by molar-refractivity contribution is 6.34. The summed E-state index contributed by atoms with van der Waals surface area (Å²) in [5.41, 5.74) is 2.61. The highest BCUT2D eigenvalue weighted by Gasteiger charge is 2.21. The molecule has 35 heavy (non-hydrogen) atoms. The molecule has 0 spiro atoms. The SMILES string of the molecule is CCc1nn(C)c(C(=O)NC(C)c2ccc(OCC(=O)Nc3ccccc3C(=O)NC)cc2)c1Cl. The van der Waals surface area contributed by atoms with Gasteiger partial charge in [0.1, 0.15) is 11.4 Å². The summed E-state index contributed by atoms with van der Waals surface area (Å²) in [6, 6.07) is 13.5. The minimum absolute atomic E-state index is 0.230. The highest BCUT2D eigenvalue weighted by Crippen LogP contribution is 2.23. The van der Waals surface area contributed by atoms with Crippen molar-refractivity contribution in [3.8, 4) is 5.75 Å². The monoisotopic (exact) mass is 497 g/mol. The number of aromatic nitrogens is 2. The van der Waals surface area contributed by atoms with Gasteiger partial charge in [0.2, 0.25) is 0 Å². The fraction of sp³-hybridized carbons (Fsp3) is 0.280. The maximum absolute atomic E-state index is 12.7. The van der Waals surface area contributed by atoms with Crippen LogP contribution in [0.2, 0.25) is 5.02 Å². The Hall–Kier alpha value is -3.85. The molecule has 3 rings (SSSR count). The van der Waals surface area contributed by atoms with Crippen molar-refractivity contribution in [2.45, 2.75) is 26.3 Å². The molecular formula is C25H28ClN5O4. The summed E-state index contributed by atoms with van der Waals surface area (Å²) >= 11 is 6.30. The van der Waals surface area contributed by atoms with Gasteiger partial charge in [0.15, 0.2) is 6.61 Å². The maximum Gasteiger partial charge on any atom is 0.271 e. The van der Waals surface area contributed by atoms with E-state index in [4.69, 9.17) is 16.3 Å². The second-order valence-electron chi connectivity index (χ2n) is 7.81. The van der Waals surface area contributed by atoms with Gasteiger partial charge in [-0.3, -0.25) is 19.1 Å². The number of hydrogen-bond donors (Lipinski definition) is 3. The molecule has 0 saturated carbocycles. The van der Waals surface area contributed by atoms with Crippen molar-refractivity contribution in [3.05, 3.63) is 76.1 Å². The highest BCUT2D eigenvalue weighted by atomic mass is 35.5. The van der Waals surface area contributed by atoms with Gasteiger partial charge in [-0.1, -0.05) is 42.8 Å². The van der Waals surface area contributed by atoms with E-state index in [9.17, 15) is 14.4 Å². The Morgan fingerprint density at radius 3 is 2.40 bits per heavy atom. The first kappa shape index (κ1) is 25.8. The minimum atomic E-state index is -0.398. The van der Waals surface area contributed by atoms with Gasteiger partial charge < -0.3 is 20.7 Å². The predicted molar refractivity (Wildman–Crippen MR) is 134 cm³/mol. The molecule has 3 aromatic rings. The van der Waals surface area contributed by atoms with Crippen LogP contribution in [0.1, 0.15) is 52.0 Å². The molecule has 3 N–H and O–H groups in total. The average molecular weight is 498 g/mol. The van der Waals surface area contributed by atoms with Crippen LogP contribution in [0.5, 0.6) is 5.75 Å². The van der Waals surface area contributed by atoms with Crippen molar-refractivity contribution in [3.63, 3.8) is 0 Å². The summed E-state index contributed by atoms with van der Waals surface area (Å²) in [5, 5.41) is 12.8. The summed E-state index contributed by atoms with van der Waals surface area (Å²) < 4.78 is 7.05. The molecule has 3 amide bonds. The van der Waals surface area contributed by atoms with E-state index in [0.29, 0.717) is 39.8 Å². The van der Waals surface area contributed by atoms with Crippen LogP contribution in [0.4, 0.5) is 5.69 Å². The summed E-state index contributed by atoms with van der Waals surface area (Å²) in [7, 11) is 3.21. The Morgan fingerprint density at radius 2 is 1.77 bits per heavy atom. The number of amides is 3. The van der Waals surface area contributed by atoms with Crippen molar-refractivity contribution < 1.29 is 19.1 Å². The van der Waals surface area contributed by atoms with E-state index in [1.165, 1.54) is 11.7 Å². The number of benzene rings is 2. The number of hydrogen-bond acceptors (Lipinski definition) is 5. The quantitative estimate of drug-likeness (QED) is 0.418. The van der Waals surface area contributed by atoms with Crippen LogP contribution in [-0.2, 0) is 18.3 Å². The number of carbonyl (C=O) groups excluding carboxylic acids is 3. The number of nitrogens with one attached hydrogen (secondary N) is 3. The standard InChI is InChI=1S/C25H28ClN5O4/c1-5-19-22(26)23(31(4)30-19)25(34)28-15(2)16-10-12-17(13-11-16)35-14-21(32)29-20-9-7-6-8-18(20)24(33)27-3/h6-13,15H,5,14H2,1-4H3,(H,27,33)(H,28,34)(H,29,32). The molecule has 0 fully saturated rings. The van der Waals surface area contributed by atoms with E-state index < -0.39 is 5.91 Å². The second kappa shape index (κ2) is 11.5. The Bertz CT molecular complexity index is 1220. The number of ether oxygens (including phenoxy) is 1. The van der Waals surface area contributed by atoms with Gasteiger partial charge in [-0.05, 0) is 43.2 Å². The molecule has 0 radical (unpaired) electrons. The first-order valence-corrected chi connectivity index (χ1v) is 11.5. The smallest absolute Gasteiger partial charge is 0.271 e. The summed E-state index contributed by atoms with van der Waals surface area (Å²) in [5.74, 6) is -0.517. The van der Waals surface area contributed by atoms with Crippen molar-refractivity contribution in [1.29, 1.82) is 0 Å². The first-order valence-electron chi connectivity index (χ1n) is 11.1. The zero-order valence-electron chi connectivity index (χ0n) is 20.0. The Labute approximate surface area is 208 Å². The lowest BCUT2D eigenvalue weighted by molar-refractivity contribution is -0.118. The minimum Gasteiger partial charge on any atom is -0.484 e. The van der Waals surface area contributed by atoms with E-state index in [-0.39, 0.29) is 24.5 Å². The molecule has 0 aliphatic rings. The van der Waals surface area contributed by atoms with Crippen LogP contribution in [0, 0.1) is 0 Å². The number of nitrogens with zero attached hydrogens (tertiary/aromatic N) is 2. The van der Waals surface area contributed by atoms with E-state index in [2.05, 4.69) is 21.0 Å². The number of anilines is 1. The topological polar surface area (TPSA) is 114 Å². The molecular weight excluding hydrogens is 470 g/mol. The van der Waals surface area contributed by atoms with Crippen molar-refractivity contribution >= 4 is 35.0 Å². The third kappa shape index (κ3) is 6.19. The molecule has 0 bridgehead atoms. The van der Waals surface area contributed by atoms with Gasteiger partial charge >= 0.3 is 0 Å². The molecule has 1 unspecified atom stereocenters. The van der Waals surface area contributed by atoms with Gasteiger partial charge in [-0.15, -0.1) is 0 Å². The van der Waals surface area contributed by atoms with E-state index in [1.807, 2.05) is 13.8 Å². The number of para-hydroxylation sites is 1. The first-order chi connectivity index (χ1) is 16.7. The third-order valence-corrected chi connectivity index (χ3v) is 5.77. The van der Waals surface area contributed by atoms with Gasteiger partial charge in [0.05, 0.1) is 28.0 Å². The Morgan fingerprint density at radius 1 is 1.09 bits per heavy atom. The van der Waals surface area contributed by atoms with Crippen LogP contribution < -0.4 is 20.7 Å². The zero-order chi connectivity index (χ0) is 25.5. The number of aryl methyl sites for hydroxylation is 2.